The first-order valence-corrected chi connectivity index (χ1v) is 8.94. The monoisotopic (exact) mass is 342 g/mol. The number of carbonyl (C=O) groups excluding carboxylic acids is 1. The van der Waals surface area contributed by atoms with Crippen molar-refractivity contribution in [1.29, 1.82) is 0 Å². The van der Waals surface area contributed by atoms with Gasteiger partial charge in [-0.1, -0.05) is 30.3 Å². The van der Waals surface area contributed by atoms with Gasteiger partial charge in [-0.05, 0) is 42.5 Å². The largest absolute Gasteiger partial charge is 0.496 e. The number of nitrogens with one attached hydrogen (secondary N) is 1. The van der Waals surface area contributed by atoms with Crippen LogP contribution < -0.4 is 10.1 Å². The van der Waals surface area contributed by atoms with Crippen molar-refractivity contribution < 1.29 is 14.6 Å². The standard InChI is InChI=1S/C20H26N2O3/c1-25-19-10-9-15-6-2-3-8-17(15)18(19)11-12-21-20(24)22-13-5-4-7-16(22)14-23/h2-3,6,8-10,16,23H,4-5,7,11-14H2,1H3,(H,21,24)/t16-/m1/s1. The van der Waals surface area contributed by atoms with Crippen molar-refractivity contribution in [3.05, 3.63) is 42.0 Å². The number of aliphatic hydroxyl groups excluding tert-OH is 1. The number of amides is 2. The number of piperidine rings is 1. The molecule has 0 aliphatic carbocycles. The van der Waals surface area contributed by atoms with Crippen LogP contribution in [0.1, 0.15) is 24.8 Å². The van der Waals surface area contributed by atoms with Crippen molar-refractivity contribution in [2.24, 2.45) is 0 Å². The third kappa shape index (κ3) is 3.87. The number of benzene rings is 2. The van der Waals surface area contributed by atoms with E-state index in [-0.39, 0.29) is 18.7 Å². The average molecular weight is 342 g/mol. The number of nitrogens with zero attached hydrogens (tertiary/aromatic N) is 1. The molecule has 5 heteroatoms. The highest BCUT2D eigenvalue weighted by atomic mass is 16.5. The molecule has 1 aliphatic heterocycles. The lowest BCUT2D eigenvalue weighted by molar-refractivity contribution is 0.108. The fourth-order valence-electron chi connectivity index (χ4n) is 3.62. The molecule has 2 N–H and O–H groups in total. The second kappa shape index (κ2) is 8.21. The summed E-state index contributed by atoms with van der Waals surface area (Å²) in [4.78, 5) is 14.2. The van der Waals surface area contributed by atoms with Gasteiger partial charge in [0.1, 0.15) is 5.75 Å². The molecular formula is C20H26N2O3. The van der Waals surface area contributed by atoms with Gasteiger partial charge < -0.3 is 20.1 Å². The van der Waals surface area contributed by atoms with Gasteiger partial charge in [-0.3, -0.25) is 0 Å². The van der Waals surface area contributed by atoms with Crippen LogP contribution in [0.2, 0.25) is 0 Å². The number of urea groups is 1. The highest BCUT2D eigenvalue weighted by molar-refractivity contribution is 5.87. The third-order valence-corrected chi connectivity index (χ3v) is 4.97. The topological polar surface area (TPSA) is 61.8 Å². The van der Waals surface area contributed by atoms with Crippen molar-refractivity contribution in [1.82, 2.24) is 10.2 Å². The minimum atomic E-state index is -0.0852. The molecule has 1 saturated heterocycles. The number of rotatable bonds is 5. The molecule has 1 atom stereocenters. The Hall–Kier alpha value is -2.27. The lowest BCUT2D eigenvalue weighted by Gasteiger charge is -2.34. The fourth-order valence-corrected chi connectivity index (χ4v) is 3.62. The summed E-state index contributed by atoms with van der Waals surface area (Å²) >= 11 is 0. The molecule has 0 aromatic heterocycles. The second-order valence-electron chi connectivity index (χ2n) is 6.48. The summed E-state index contributed by atoms with van der Waals surface area (Å²) in [5, 5.41) is 14.8. The van der Waals surface area contributed by atoms with Gasteiger partial charge in [0.25, 0.3) is 0 Å². The predicted octanol–water partition coefficient (Wildman–Crippen LogP) is 2.95. The van der Waals surface area contributed by atoms with Crippen LogP contribution in [0.15, 0.2) is 36.4 Å². The minimum absolute atomic E-state index is 0.0323. The van der Waals surface area contributed by atoms with E-state index in [9.17, 15) is 9.90 Å². The van der Waals surface area contributed by atoms with Crippen molar-refractivity contribution >= 4 is 16.8 Å². The van der Waals surface area contributed by atoms with Gasteiger partial charge >= 0.3 is 6.03 Å². The molecule has 0 spiro atoms. The van der Waals surface area contributed by atoms with Gasteiger partial charge in [0.05, 0.1) is 19.8 Å². The molecule has 0 unspecified atom stereocenters. The van der Waals surface area contributed by atoms with Crippen molar-refractivity contribution in [3.8, 4) is 5.75 Å². The maximum atomic E-state index is 12.4. The molecule has 0 radical (unpaired) electrons. The first kappa shape index (κ1) is 17.5. The van der Waals surface area contributed by atoms with E-state index in [1.54, 1.807) is 12.0 Å². The van der Waals surface area contributed by atoms with Crippen LogP contribution in [0, 0.1) is 0 Å². The van der Waals surface area contributed by atoms with Crippen LogP contribution in [0.3, 0.4) is 0 Å². The average Bonchev–Trinajstić information content (AvgIpc) is 2.67. The molecule has 1 fully saturated rings. The maximum Gasteiger partial charge on any atom is 0.317 e. The molecule has 2 amide bonds. The summed E-state index contributed by atoms with van der Waals surface area (Å²) in [5.41, 5.74) is 1.11. The molecular weight excluding hydrogens is 316 g/mol. The van der Waals surface area contributed by atoms with Crippen LogP contribution >= 0.6 is 0 Å². The molecule has 1 aliphatic rings. The van der Waals surface area contributed by atoms with Gasteiger partial charge in [-0.25, -0.2) is 4.79 Å². The van der Waals surface area contributed by atoms with Crippen LogP contribution in [-0.4, -0.2) is 48.9 Å². The first-order valence-electron chi connectivity index (χ1n) is 8.94. The zero-order valence-corrected chi connectivity index (χ0v) is 14.7. The number of fused-ring (bicyclic) bond motifs is 1. The normalized spacial score (nSPS) is 17.5. The van der Waals surface area contributed by atoms with Crippen LogP contribution in [0.4, 0.5) is 4.79 Å². The number of ether oxygens (including phenoxy) is 1. The van der Waals surface area contributed by atoms with E-state index in [4.69, 9.17) is 4.74 Å². The fraction of sp³-hybridized carbons (Fsp3) is 0.450. The molecule has 3 rings (SSSR count). The van der Waals surface area contributed by atoms with Crippen molar-refractivity contribution in [3.63, 3.8) is 0 Å². The summed E-state index contributed by atoms with van der Waals surface area (Å²) in [6.45, 7) is 1.29. The Labute approximate surface area is 148 Å². The summed E-state index contributed by atoms with van der Waals surface area (Å²) in [5.74, 6) is 0.846. The van der Waals surface area contributed by atoms with E-state index in [0.717, 1.165) is 36.0 Å². The predicted molar refractivity (Wildman–Crippen MR) is 99.0 cm³/mol. The molecule has 1 heterocycles. The summed E-state index contributed by atoms with van der Waals surface area (Å²) in [6, 6.07) is 12.1. The summed E-state index contributed by atoms with van der Waals surface area (Å²) in [7, 11) is 1.67. The van der Waals surface area contributed by atoms with E-state index in [1.807, 2.05) is 18.2 Å². The Kier molecular flexibility index (Phi) is 5.76. The second-order valence-corrected chi connectivity index (χ2v) is 6.48. The number of methoxy groups -OCH3 is 1. The molecule has 25 heavy (non-hydrogen) atoms. The number of hydrogen-bond acceptors (Lipinski definition) is 3. The molecule has 0 saturated carbocycles. The van der Waals surface area contributed by atoms with E-state index >= 15 is 0 Å². The number of hydrogen-bond donors (Lipinski definition) is 2. The molecule has 2 aromatic rings. The Morgan fingerprint density at radius 2 is 2.12 bits per heavy atom. The summed E-state index contributed by atoms with van der Waals surface area (Å²) in [6.07, 6.45) is 3.65. The van der Waals surface area contributed by atoms with Crippen molar-refractivity contribution in [2.45, 2.75) is 31.7 Å². The Morgan fingerprint density at radius 3 is 2.92 bits per heavy atom. The Bertz CT molecular complexity index is 732. The van der Waals surface area contributed by atoms with Crippen LogP contribution in [0.25, 0.3) is 10.8 Å². The van der Waals surface area contributed by atoms with Crippen LogP contribution in [0.5, 0.6) is 5.75 Å². The molecule has 5 nitrogen and oxygen atoms in total. The SMILES string of the molecule is COc1ccc2ccccc2c1CCNC(=O)N1CCCC[C@@H]1CO. The van der Waals surface area contributed by atoms with E-state index in [1.165, 1.54) is 5.39 Å². The third-order valence-electron chi connectivity index (χ3n) is 4.97. The number of likely N-dealkylation sites (tertiary alicyclic amines) is 1. The highest BCUT2D eigenvalue weighted by Crippen LogP contribution is 2.28. The van der Waals surface area contributed by atoms with E-state index in [2.05, 4.69) is 23.5 Å². The smallest absolute Gasteiger partial charge is 0.317 e. The highest BCUT2D eigenvalue weighted by Gasteiger charge is 2.25. The summed E-state index contributed by atoms with van der Waals surface area (Å²) < 4.78 is 5.51. The maximum absolute atomic E-state index is 12.4. The lowest BCUT2D eigenvalue weighted by Crippen LogP contribution is -2.50. The molecule has 2 aromatic carbocycles. The van der Waals surface area contributed by atoms with Gasteiger partial charge in [-0.15, -0.1) is 0 Å². The van der Waals surface area contributed by atoms with E-state index < -0.39 is 0 Å². The Balaban J connectivity index is 1.67. The molecule has 0 bridgehead atoms. The zero-order valence-electron chi connectivity index (χ0n) is 14.7. The number of aliphatic hydroxyl groups is 1. The van der Waals surface area contributed by atoms with Crippen LogP contribution in [-0.2, 0) is 6.42 Å². The zero-order chi connectivity index (χ0) is 17.6. The lowest BCUT2D eigenvalue weighted by atomic mass is 10.0. The van der Waals surface area contributed by atoms with Gasteiger partial charge in [0.15, 0.2) is 0 Å². The number of carbonyl (C=O) groups is 1. The minimum Gasteiger partial charge on any atom is -0.496 e. The van der Waals surface area contributed by atoms with Gasteiger partial charge in [0.2, 0.25) is 0 Å². The van der Waals surface area contributed by atoms with Crippen molar-refractivity contribution in [2.75, 3.05) is 26.8 Å². The van der Waals surface area contributed by atoms with E-state index in [0.29, 0.717) is 19.5 Å². The first-order chi connectivity index (χ1) is 12.2. The quantitative estimate of drug-likeness (QED) is 0.878. The van der Waals surface area contributed by atoms with Gasteiger partial charge in [0, 0.05) is 18.7 Å². The molecule has 134 valence electrons. The van der Waals surface area contributed by atoms with Gasteiger partial charge in [-0.2, -0.15) is 0 Å². The Morgan fingerprint density at radius 1 is 1.28 bits per heavy atom.